The van der Waals surface area contributed by atoms with Crippen LogP contribution in [0.2, 0.25) is 0 Å². The molecule has 1 aromatic heterocycles. The second kappa shape index (κ2) is 14.4. The number of aromatic nitrogens is 3. The maximum Gasteiger partial charge on any atom is 0.252 e. The first-order valence-corrected chi connectivity index (χ1v) is 18.3. The Balaban J connectivity index is 1.43. The molecule has 254 valence electrons. The van der Waals surface area contributed by atoms with Crippen LogP contribution in [0, 0.1) is 5.92 Å². The summed E-state index contributed by atoms with van der Waals surface area (Å²) in [6, 6.07) is 18.9. The first kappa shape index (κ1) is 33.6. The standard InChI is InChI=1S/C36H44N6O5S/c1-25-10-9-23-40(24-25)48(45,46)31-21-17-29(18-22-31)41(36(44)26(2)42-33-14-8-7-13-32(33)38-39-42)34(27-15-19-30(47-3)20-16-27)35(43)37-28-11-5-4-6-12-28/h7-8,13-22,25-26,28,34H,4-6,9-12,23-24H2,1-3H3,(H,37,43)/t25-,26+,34+/m0/s1. The summed E-state index contributed by atoms with van der Waals surface area (Å²) >= 11 is 0. The van der Waals surface area contributed by atoms with Crippen molar-refractivity contribution in [2.24, 2.45) is 5.92 Å². The van der Waals surface area contributed by atoms with Crippen LogP contribution in [0.1, 0.15) is 76.4 Å². The van der Waals surface area contributed by atoms with E-state index in [1.807, 2.05) is 24.3 Å². The zero-order valence-electron chi connectivity index (χ0n) is 27.8. The number of rotatable bonds is 10. The minimum Gasteiger partial charge on any atom is -0.497 e. The predicted octanol–water partition coefficient (Wildman–Crippen LogP) is 5.64. The summed E-state index contributed by atoms with van der Waals surface area (Å²) < 4.78 is 35.8. The Labute approximate surface area is 282 Å². The van der Waals surface area contributed by atoms with Gasteiger partial charge in [-0.25, -0.2) is 13.1 Å². The van der Waals surface area contributed by atoms with E-state index in [-0.39, 0.29) is 22.8 Å². The fraction of sp³-hybridized carbons (Fsp3) is 0.444. The number of hydrogen-bond acceptors (Lipinski definition) is 7. The van der Waals surface area contributed by atoms with Gasteiger partial charge < -0.3 is 10.1 Å². The fourth-order valence-corrected chi connectivity index (χ4v) is 8.50. The second-order valence-corrected chi connectivity index (χ2v) is 15.0. The molecule has 2 aliphatic rings. The maximum absolute atomic E-state index is 14.8. The number of fused-ring (bicyclic) bond motifs is 1. The van der Waals surface area contributed by atoms with Gasteiger partial charge in [-0.05, 0) is 92.6 Å². The summed E-state index contributed by atoms with van der Waals surface area (Å²) in [5.41, 5.74) is 2.31. The van der Waals surface area contributed by atoms with E-state index >= 15 is 0 Å². The van der Waals surface area contributed by atoms with E-state index in [9.17, 15) is 18.0 Å². The highest BCUT2D eigenvalue weighted by atomic mass is 32.2. The Kier molecular flexibility index (Phi) is 10.1. The van der Waals surface area contributed by atoms with Crippen LogP contribution in [0.25, 0.3) is 11.0 Å². The smallest absolute Gasteiger partial charge is 0.252 e. The van der Waals surface area contributed by atoms with Gasteiger partial charge in [0.15, 0.2) is 0 Å². The van der Waals surface area contributed by atoms with Gasteiger partial charge in [0.25, 0.3) is 5.91 Å². The molecular formula is C36H44N6O5S. The molecule has 6 rings (SSSR count). The lowest BCUT2D eigenvalue weighted by molar-refractivity contribution is -0.128. The van der Waals surface area contributed by atoms with Gasteiger partial charge in [0.2, 0.25) is 15.9 Å². The number of anilines is 1. The number of ether oxygens (including phenoxy) is 1. The highest BCUT2D eigenvalue weighted by Crippen LogP contribution is 2.34. The summed E-state index contributed by atoms with van der Waals surface area (Å²) in [5, 5.41) is 11.8. The van der Waals surface area contributed by atoms with Crippen molar-refractivity contribution in [2.45, 2.75) is 81.8 Å². The van der Waals surface area contributed by atoms with Gasteiger partial charge >= 0.3 is 0 Å². The van der Waals surface area contributed by atoms with Gasteiger partial charge in [0.1, 0.15) is 23.3 Å². The Bertz CT molecular complexity index is 1840. The lowest BCUT2D eigenvalue weighted by Gasteiger charge is -2.35. The number of sulfonamides is 1. The monoisotopic (exact) mass is 672 g/mol. The number of carbonyl (C=O) groups is 2. The van der Waals surface area contributed by atoms with E-state index in [1.54, 1.807) is 55.1 Å². The molecular weight excluding hydrogens is 628 g/mol. The minimum absolute atomic E-state index is 0.0000799. The molecule has 2 fully saturated rings. The van der Waals surface area contributed by atoms with Gasteiger partial charge in [-0.3, -0.25) is 14.5 Å². The molecule has 12 heteroatoms. The van der Waals surface area contributed by atoms with Crippen LogP contribution < -0.4 is 15.0 Å². The first-order valence-electron chi connectivity index (χ1n) is 16.8. The molecule has 0 radical (unpaired) electrons. The fourth-order valence-electron chi connectivity index (χ4n) is 6.91. The van der Waals surface area contributed by atoms with E-state index in [4.69, 9.17) is 4.74 Å². The molecule has 0 bridgehead atoms. The van der Waals surface area contributed by atoms with Crippen LogP contribution in [0.3, 0.4) is 0 Å². The third-order valence-corrected chi connectivity index (χ3v) is 11.5. The molecule has 2 amide bonds. The number of nitrogens with one attached hydrogen (secondary N) is 1. The Hall–Kier alpha value is -4.29. The highest BCUT2D eigenvalue weighted by Gasteiger charge is 2.38. The van der Waals surface area contributed by atoms with Gasteiger partial charge in [0, 0.05) is 24.8 Å². The van der Waals surface area contributed by atoms with Gasteiger partial charge in [-0.1, -0.05) is 55.7 Å². The largest absolute Gasteiger partial charge is 0.497 e. The summed E-state index contributed by atoms with van der Waals surface area (Å²) in [4.78, 5) is 30.8. The van der Waals surface area contributed by atoms with Crippen LogP contribution in [-0.4, -0.2) is 65.8 Å². The molecule has 4 aromatic rings. The van der Waals surface area contributed by atoms with Crippen molar-refractivity contribution in [2.75, 3.05) is 25.1 Å². The van der Waals surface area contributed by atoms with E-state index in [0.29, 0.717) is 41.1 Å². The third-order valence-electron chi connectivity index (χ3n) is 9.60. The lowest BCUT2D eigenvalue weighted by Crippen LogP contribution is -2.49. The second-order valence-electron chi connectivity index (χ2n) is 13.0. The molecule has 1 saturated carbocycles. The molecule has 0 spiro atoms. The highest BCUT2D eigenvalue weighted by molar-refractivity contribution is 7.89. The number of para-hydroxylation sites is 1. The van der Waals surface area contributed by atoms with Crippen molar-refractivity contribution in [3.8, 4) is 5.75 Å². The van der Waals surface area contributed by atoms with Crippen LogP contribution in [0.5, 0.6) is 5.75 Å². The number of carbonyl (C=O) groups excluding carboxylic acids is 2. The Morgan fingerprint density at radius 3 is 2.33 bits per heavy atom. The number of amides is 2. The van der Waals surface area contributed by atoms with Crippen molar-refractivity contribution >= 4 is 38.6 Å². The van der Waals surface area contributed by atoms with E-state index < -0.39 is 28.0 Å². The Morgan fingerprint density at radius 1 is 0.938 bits per heavy atom. The molecule has 2 heterocycles. The number of benzene rings is 3. The van der Waals surface area contributed by atoms with Gasteiger partial charge in [-0.15, -0.1) is 5.10 Å². The topological polar surface area (TPSA) is 127 Å². The first-order chi connectivity index (χ1) is 23.2. The Morgan fingerprint density at radius 2 is 1.65 bits per heavy atom. The predicted molar refractivity (Wildman–Crippen MR) is 184 cm³/mol. The average Bonchev–Trinajstić information content (AvgIpc) is 3.55. The normalized spacial score (nSPS) is 19.0. The molecule has 1 N–H and O–H groups in total. The summed E-state index contributed by atoms with van der Waals surface area (Å²) in [6.07, 6.45) is 6.75. The maximum atomic E-state index is 14.8. The van der Waals surface area contributed by atoms with Crippen LogP contribution >= 0.6 is 0 Å². The zero-order chi connectivity index (χ0) is 33.8. The SMILES string of the molecule is COc1ccc([C@H](C(=O)NC2CCCCC2)N(C(=O)[C@@H](C)n2nnc3ccccc32)c2ccc(S(=O)(=O)N3CCC[C@H](C)C3)cc2)cc1. The summed E-state index contributed by atoms with van der Waals surface area (Å²) in [6.45, 7) is 4.74. The summed E-state index contributed by atoms with van der Waals surface area (Å²) in [7, 11) is -2.16. The molecule has 48 heavy (non-hydrogen) atoms. The van der Waals surface area contributed by atoms with Crippen molar-refractivity contribution < 1.29 is 22.7 Å². The van der Waals surface area contributed by atoms with E-state index in [0.717, 1.165) is 44.9 Å². The zero-order valence-corrected chi connectivity index (χ0v) is 28.6. The molecule has 1 aliphatic heterocycles. The molecule has 1 aliphatic carbocycles. The molecule has 3 atom stereocenters. The van der Waals surface area contributed by atoms with E-state index in [2.05, 4.69) is 22.6 Å². The third kappa shape index (κ3) is 6.95. The van der Waals surface area contributed by atoms with Gasteiger partial charge in [0.05, 0.1) is 17.5 Å². The van der Waals surface area contributed by atoms with Crippen molar-refractivity contribution in [1.82, 2.24) is 24.6 Å². The lowest BCUT2D eigenvalue weighted by atomic mass is 9.94. The van der Waals surface area contributed by atoms with E-state index in [1.165, 1.54) is 21.3 Å². The number of nitrogens with zero attached hydrogens (tertiary/aromatic N) is 5. The summed E-state index contributed by atoms with van der Waals surface area (Å²) in [5.74, 6) is 0.191. The molecule has 1 saturated heterocycles. The van der Waals surface area contributed by atoms with Crippen molar-refractivity contribution in [1.29, 1.82) is 0 Å². The van der Waals surface area contributed by atoms with Crippen LogP contribution in [0.15, 0.2) is 77.7 Å². The molecule has 3 aromatic carbocycles. The number of methoxy groups -OCH3 is 1. The van der Waals surface area contributed by atoms with Crippen molar-refractivity contribution in [3.63, 3.8) is 0 Å². The number of hydrogen-bond donors (Lipinski definition) is 1. The van der Waals surface area contributed by atoms with Crippen molar-refractivity contribution in [3.05, 3.63) is 78.4 Å². The average molecular weight is 673 g/mol. The van der Waals surface area contributed by atoms with Crippen LogP contribution in [0.4, 0.5) is 5.69 Å². The molecule has 0 unspecified atom stereocenters. The van der Waals surface area contributed by atoms with Gasteiger partial charge in [-0.2, -0.15) is 4.31 Å². The molecule has 11 nitrogen and oxygen atoms in total. The van der Waals surface area contributed by atoms with Crippen LogP contribution in [-0.2, 0) is 19.6 Å². The number of piperidine rings is 1. The minimum atomic E-state index is -3.74. The quantitative estimate of drug-likeness (QED) is 0.231.